The van der Waals surface area contributed by atoms with Crippen LogP contribution in [0, 0.1) is 11.8 Å². The molecule has 0 radical (unpaired) electrons. The van der Waals surface area contributed by atoms with Gasteiger partial charge in [-0.15, -0.1) is 0 Å². The van der Waals surface area contributed by atoms with E-state index in [9.17, 15) is 9.90 Å². The minimum Gasteiger partial charge on any atom is -0.382 e. The Hall–Kier alpha value is -0.370. The highest BCUT2D eigenvalue weighted by Gasteiger charge is 2.50. The number of rotatable bonds is 0. The molecule has 0 aromatic rings. The third-order valence-electron chi connectivity index (χ3n) is 2.78. The van der Waals surface area contributed by atoms with Crippen molar-refractivity contribution in [2.24, 2.45) is 11.8 Å². The van der Waals surface area contributed by atoms with E-state index < -0.39 is 5.60 Å². The van der Waals surface area contributed by atoms with Gasteiger partial charge in [-0.3, -0.25) is 4.79 Å². The summed E-state index contributed by atoms with van der Waals surface area (Å²) in [5.41, 5.74) is -0.988. The van der Waals surface area contributed by atoms with Crippen molar-refractivity contribution in [2.45, 2.75) is 31.8 Å². The number of carbonyl (C=O) groups is 1. The fraction of sp³-hybridized carbons (Fsp3) is 0.875. The maximum atomic E-state index is 11.1. The van der Waals surface area contributed by atoms with Gasteiger partial charge in [0, 0.05) is 6.42 Å². The lowest BCUT2D eigenvalue weighted by Crippen LogP contribution is -2.38. The van der Waals surface area contributed by atoms with Crippen LogP contribution in [-0.4, -0.2) is 16.5 Å². The zero-order valence-electron chi connectivity index (χ0n) is 6.13. The zero-order valence-corrected chi connectivity index (χ0v) is 6.13. The van der Waals surface area contributed by atoms with Crippen molar-refractivity contribution in [1.29, 1.82) is 0 Å². The van der Waals surface area contributed by atoms with Gasteiger partial charge in [0.1, 0.15) is 5.60 Å². The number of aliphatic hydroxyl groups is 1. The third-order valence-corrected chi connectivity index (χ3v) is 2.78. The van der Waals surface area contributed by atoms with E-state index in [2.05, 4.69) is 0 Å². The lowest BCUT2D eigenvalue weighted by molar-refractivity contribution is -0.139. The number of hydrogen-bond acceptors (Lipinski definition) is 2. The van der Waals surface area contributed by atoms with Gasteiger partial charge in [0.15, 0.2) is 5.78 Å². The van der Waals surface area contributed by atoms with Gasteiger partial charge in [-0.1, -0.05) is 0 Å². The molecule has 0 heterocycles. The van der Waals surface area contributed by atoms with Crippen molar-refractivity contribution < 1.29 is 9.90 Å². The van der Waals surface area contributed by atoms with Crippen LogP contribution in [-0.2, 0) is 4.79 Å². The number of ketones is 1. The Balaban J connectivity index is 2.15. The van der Waals surface area contributed by atoms with Crippen LogP contribution in [0.2, 0.25) is 0 Å². The van der Waals surface area contributed by atoms with E-state index in [0.29, 0.717) is 24.7 Å². The Bertz CT molecular complexity index is 184. The first-order valence-electron chi connectivity index (χ1n) is 3.85. The highest BCUT2D eigenvalue weighted by Crippen LogP contribution is 2.50. The second-order valence-electron chi connectivity index (χ2n) is 3.86. The lowest BCUT2D eigenvalue weighted by atomic mass is 9.85. The highest BCUT2D eigenvalue weighted by atomic mass is 16.3. The molecule has 0 aromatic carbocycles. The average molecular weight is 140 g/mol. The second kappa shape index (κ2) is 1.62. The largest absolute Gasteiger partial charge is 0.382 e. The van der Waals surface area contributed by atoms with Gasteiger partial charge in [-0.25, -0.2) is 0 Å². The van der Waals surface area contributed by atoms with Crippen molar-refractivity contribution >= 4 is 5.78 Å². The molecule has 0 unspecified atom stereocenters. The first kappa shape index (κ1) is 6.35. The number of carbonyl (C=O) groups excluding carboxylic acids is 1. The van der Waals surface area contributed by atoms with Crippen LogP contribution in [0.15, 0.2) is 0 Å². The molecule has 0 bridgehead atoms. The molecule has 2 aliphatic rings. The molecule has 2 aliphatic carbocycles. The molecule has 0 aliphatic heterocycles. The predicted molar refractivity (Wildman–Crippen MR) is 36.5 cm³/mol. The molecule has 3 atom stereocenters. The Morgan fingerprint density at radius 2 is 2.30 bits per heavy atom. The molecular weight excluding hydrogens is 128 g/mol. The minimum atomic E-state index is -0.988. The van der Waals surface area contributed by atoms with Gasteiger partial charge in [-0.2, -0.15) is 0 Å². The molecule has 0 aromatic heterocycles. The van der Waals surface area contributed by atoms with Crippen LogP contribution < -0.4 is 0 Å². The van der Waals surface area contributed by atoms with E-state index in [1.54, 1.807) is 6.92 Å². The molecule has 10 heavy (non-hydrogen) atoms. The predicted octanol–water partition coefficient (Wildman–Crippen LogP) is 0.736. The molecule has 2 fully saturated rings. The molecule has 2 heteroatoms. The standard InChI is InChI=1S/C8H12O2/c1-8(10)4-6-2-5(6)3-7(8)9/h5-6,10H,2-4H2,1H3/t5-,6+,8-/m1/s1. The number of fused-ring (bicyclic) bond motifs is 1. The van der Waals surface area contributed by atoms with E-state index in [0.717, 1.165) is 0 Å². The molecule has 1 N–H and O–H groups in total. The van der Waals surface area contributed by atoms with Crippen molar-refractivity contribution in [1.82, 2.24) is 0 Å². The summed E-state index contributed by atoms with van der Waals surface area (Å²) in [6, 6.07) is 0. The van der Waals surface area contributed by atoms with Gasteiger partial charge >= 0.3 is 0 Å². The van der Waals surface area contributed by atoms with E-state index in [-0.39, 0.29) is 5.78 Å². The highest BCUT2D eigenvalue weighted by molar-refractivity contribution is 5.88. The number of hydrogen-bond donors (Lipinski definition) is 1. The molecule has 2 nitrogen and oxygen atoms in total. The summed E-state index contributed by atoms with van der Waals surface area (Å²) in [5, 5.41) is 9.49. The van der Waals surface area contributed by atoms with Crippen LogP contribution >= 0.6 is 0 Å². The van der Waals surface area contributed by atoms with Gasteiger partial charge in [-0.05, 0) is 31.6 Å². The summed E-state index contributed by atoms with van der Waals surface area (Å²) in [7, 11) is 0. The lowest BCUT2D eigenvalue weighted by Gasteiger charge is -2.25. The molecule has 2 rings (SSSR count). The zero-order chi connectivity index (χ0) is 7.35. The molecular formula is C8H12O2. The van der Waals surface area contributed by atoms with E-state index in [4.69, 9.17) is 0 Å². The Morgan fingerprint density at radius 3 is 2.90 bits per heavy atom. The summed E-state index contributed by atoms with van der Waals surface area (Å²) in [5.74, 6) is 1.34. The molecule has 0 saturated heterocycles. The smallest absolute Gasteiger partial charge is 0.164 e. The van der Waals surface area contributed by atoms with Crippen molar-refractivity contribution in [3.8, 4) is 0 Å². The van der Waals surface area contributed by atoms with Crippen LogP contribution in [0.1, 0.15) is 26.2 Å². The fourth-order valence-corrected chi connectivity index (χ4v) is 1.89. The minimum absolute atomic E-state index is 0.0475. The van der Waals surface area contributed by atoms with Crippen molar-refractivity contribution in [2.75, 3.05) is 0 Å². The van der Waals surface area contributed by atoms with Crippen LogP contribution in [0.25, 0.3) is 0 Å². The maximum absolute atomic E-state index is 11.1. The van der Waals surface area contributed by atoms with Gasteiger partial charge in [0.05, 0.1) is 0 Å². The maximum Gasteiger partial charge on any atom is 0.164 e. The molecule has 0 spiro atoms. The molecule has 56 valence electrons. The summed E-state index contributed by atoms with van der Waals surface area (Å²) in [6.45, 7) is 1.64. The topological polar surface area (TPSA) is 37.3 Å². The summed E-state index contributed by atoms with van der Waals surface area (Å²) in [4.78, 5) is 11.1. The Labute approximate surface area is 60.2 Å². The Kier molecular flexibility index (Phi) is 1.03. The van der Waals surface area contributed by atoms with Crippen molar-refractivity contribution in [3.05, 3.63) is 0 Å². The number of Topliss-reactive ketones (excluding diaryl/α,β-unsaturated/α-hetero) is 1. The van der Waals surface area contributed by atoms with Gasteiger partial charge in [0.2, 0.25) is 0 Å². The van der Waals surface area contributed by atoms with E-state index in [1.807, 2.05) is 0 Å². The monoisotopic (exact) mass is 140 g/mol. The molecule has 0 amide bonds. The van der Waals surface area contributed by atoms with Crippen LogP contribution in [0.5, 0.6) is 0 Å². The second-order valence-corrected chi connectivity index (χ2v) is 3.86. The third kappa shape index (κ3) is 0.788. The fourth-order valence-electron chi connectivity index (χ4n) is 1.89. The molecule has 2 saturated carbocycles. The van der Waals surface area contributed by atoms with E-state index in [1.165, 1.54) is 6.42 Å². The van der Waals surface area contributed by atoms with Crippen molar-refractivity contribution in [3.63, 3.8) is 0 Å². The SMILES string of the molecule is C[C@@]1(O)C[C@@H]2C[C@@H]2CC1=O. The first-order chi connectivity index (χ1) is 4.59. The van der Waals surface area contributed by atoms with Gasteiger partial charge < -0.3 is 5.11 Å². The quantitative estimate of drug-likeness (QED) is 0.538. The average Bonchev–Trinajstić information content (AvgIpc) is 2.44. The van der Waals surface area contributed by atoms with Crippen LogP contribution in [0.3, 0.4) is 0 Å². The first-order valence-corrected chi connectivity index (χ1v) is 3.85. The van der Waals surface area contributed by atoms with E-state index >= 15 is 0 Å². The summed E-state index contributed by atoms with van der Waals surface area (Å²) < 4.78 is 0. The Morgan fingerprint density at radius 1 is 1.60 bits per heavy atom. The summed E-state index contributed by atoms with van der Waals surface area (Å²) >= 11 is 0. The normalized spacial score (nSPS) is 52.4. The van der Waals surface area contributed by atoms with Gasteiger partial charge in [0.25, 0.3) is 0 Å². The van der Waals surface area contributed by atoms with Crippen LogP contribution in [0.4, 0.5) is 0 Å². The summed E-state index contributed by atoms with van der Waals surface area (Å²) in [6.07, 6.45) is 2.50.